The molecule has 0 saturated heterocycles. The standard InChI is InChI=1S/C7H16O4.C6H14O3/c1-2-11-6-7(3-8,4-9)5-10;1-2-6(3-7,4-8)5-9/h8-10H,2-6H2,1H3;7-9H,2-5H2,1H3. The van der Waals surface area contributed by atoms with E-state index in [2.05, 4.69) is 0 Å². The second-order valence-electron chi connectivity index (χ2n) is 4.94. The maximum absolute atomic E-state index is 8.80. The minimum absolute atomic E-state index is 0.156. The van der Waals surface area contributed by atoms with Crippen LogP contribution < -0.4 is 0 Å². The molecular formula is C13H30O7. The molecular weight excluding hydrogens is 268 g/mol. The SMILES string of the molecule is CCC(CO)(CO)CO.CCOCC(CO)(CO)CO. The van der Waals surface area contributed by atoms with Crippen LogP contribution in [0.15, 0.2) is 0 Å². The summed E-state index contributed by atoms with van der Waals surface area (Å²) >= 11 is 0. The highest BCUT2D eigenvalue weighted by Crippen LogP contribution is 2.18. The zero-order chi connectivity index (χ0) is 16.1. The van der Waals surface area contributed by atoms with E-state index in [0.717, 1.165) is 0 Å². The van der Waals surface area contributed by atoms with Crippen LogP contribution in [0.1, 0.15) is 20.3 Å². The largest absolute Gasteiger partial charge is 0.396 e. The van der Waals surface area contributed by atoms with Crippen LogP contribution in [-0.2, 0) is 4.74 Å². The highest BCUT2D eigenvalue weighted by molar-refractivity contribution is 4.76. The van der Waals surface area contributed by atoms with Crippen LogP contribution in [0.2, 0.25) is 0 Å². The fourth-order valence-electron chi connectivity index (χ4n) is 1.09. The van der Waals surface area contributed by atoms with Gasteiger partial charge in [-0.25, -0.2) is 0 Å². The van der Waals surface area contributed by atoms with Crippen molar-refractivity contribution >= 4 is 0 Å². The molecule has 0 aliphatic rings. The van der Waals surface area contributed by atoms with Crippen molar-refractivity contribution in [1.82, 2.24) is 0 Å². The molecule has 0 fully saturated rings. The molecule has 0 aliphatic heterocycles. The Morgan fingerprint density at radius 1 is 0.650 bits per heavy atom. The molecule has 0 bridgehead atoms. The first-order valence-electron chi connectivity index (χ1n) is 6.72. The zero-order valence-corrected chi connectivity index (χ0v) is 12.5. The van der Waals surface area contributed by atoms with Gasteiger partial charge >= 0.3 is 0 Å². The third-order valence-electron chi connectivity index (χ3n) is 3.37. The predicted molar refractivity (Wildman–Crippen MR) is 74.2 cm³/mol. The van der Waals surface area contributed by atoms with E-state index in [1.807, 2.05) is 13.8 Å². The van der Waals surface area contributed by atoms with Crippen molar-refractivity contribution in [2.24, 2.45) is 10.8 Å². The summed E-state index contributed by atoms with van der Waals surface area (Å²) in [6.45, 7) is 3.08. The second-order valence-corrected chi connectivity index (χ2v) is 4.94. The maximum Gasteiger partial charge on any atom is 0.0629 e. The molecule has 7 heteroatoms. The Labute approximate surface area is 120 Å². The first kappa shape index (κ1) is 22.0. The lowest BCUT2D eigenvalue weighted by Crippen LogP contribution is -2.38. The van der Waals surface area contributed by atoms with Gasteiger partial charge in [-0.15, -0.1) is 0 Å². The van der Waals surface area contributed by atoms with Crippen molar-refractivity contribution in [3.63, 3.8) is 0 Å². The fourth-order valence-corrected chi connectivity index (χ4v) is 1.09. The van der Waals surface area contributed by atoms with Crippen LogP contribution >= 0.6 is 0 Å². The van der Waals surface area contributed by atoms with Crippen LogP contribution in [0.4, 0.5) is 0 Å². The van der Waals surface area contributed by atoms with E-state index in [0.29, 0.717) is 13.0 Å². The van der Waals surface area contributed by atoms with Crippen molar-refractivity contribution in [2.45, 2.75) is 20.3 Å². The van der Waals surface area contributed by atoms with Gasteiger partial charge in [0.25, 0.3) is 0 Å². The predicted octanol–water partition coefficient (Wildman–Crippen LogP) is -1.65. The topological polar surface area (TPSA) is 131 Å². The van der Waals surface area contributed by atoms with E-state index in [1.165, 1.54) is 0 Å². The third kappa shape index (κ3) is 7.49. The van der Waals surface area contributed by atoms with E-state index in [4.69, 9.17) is 35.4 Å². The van der Waals surface area contributed by atoms with Crippen LogP contribution in [0.5, 0.6) is 0 Å². The lowest BCUT2D eigenvalue weighted by Gasteiger charge is -2.26. The molecule has 6 N–H and O–H groups in total. The molecule has 0 radical (unpaired) electrons. The Morgan fingerprint density at radius 2 is 1.00 bits per heavy atom. The van der Waals surface area contributed by atoms with Gasteiger partial charge in [0, 0.05) is 12.0 Å². The molecule has 0 aromatic rings. The molecule has 0 atom stereocenters. The highest BCUT2D eigenvalue weighted by atomic mass is 16.5. The average Bonchev–Trinajstić information content (AvgIpc) is 2.53. The molecule has 0 spiro atoms. The summed E-state index contributed by atoms with van der Waals surface area (Å²) in [6.07, 6.45) is 0.594. The Bertz CT molecular complexity index is 177. The minimum Gasteiger partial charge on any atom is -0.396 e. The second kappa shape index (κ2) is 12.5. The average molecular weight is 298 g/mol. The van der Waals surface area contributed by atoms with Gasteiger partial charge in [0.2, 0.25) is 0 Å². The van der Waals surface area contributed by atoms with Gasteiger partial charge in [-0.05, 0) is 13.3 Å². The monoisotopic (exact) mass is 298 g/mol. The normalized spacial score (nSPS) is 12.0. The van der Waals surface area contributed by atoms with Crippen LogP contribution in [0, 0.1) is 10.8 Å². The first-order valence-corrected chi connectivity index (χ1v) is 6.72. The van der Waals surface area contributed by atoms with Gasteiger partial charge in [-0.3, -0.25) is 0 Å². The fraction of sp³-hybridized carbons (Fsp3) is 1.00. The summed E-state index contributed by atoms with van der Waals surface area (Å²) in [7, 11) is 0. The van der Waals surface area contributed by atoms with Crippen molar-refractivity contribution in [2.75, 3.05) is 52.9 Å². The van der Waals surface area contributed by atoms with Crippen molar-refractivity contribution in [1.29, 1.82) is 0 Å². The Balaban J connectivity index is 0. The van der Waals surface area contributed by atoms with Crippen molar-refractivity contribution in [3.8, 4) is 0 Å². The number of rotatable bonds is 10. The molecule has 0 amide bonds. The Hall–Kier alpha value is -0.280. The summed E-state index contributed by atoms with van der Waals surface area (Å²) in [5.74, 6) is 0. The van der Waals surface area contributed by atoms with Gasteiger partial charge in [0.05, 0.1) is 51.7 Å². The van der Waals surface area contributed by atoms with Crippen molar-refractivity contribution in [3.05, 3.63) is 0 Å². The van der Waals surface area contributed by atoms with E-state index >= 15 is 0 Å². The van der Waals surface area contributed by atoms with E-state index in [9.17, 15) is 0 Å². The maximum atomic E-state index is 8.80. The molecule has 20 heavy (non-hydrogen) atoms. The van der Waals surface area contributed by atoms with Crippen LogP contribution in [-0.4, -0.2) is 83.5 Å². The number of hydrogen-bond acceptors (Lipinski definition) is 7. The van der Waals surface area contributed by atoms with Gasteiger partial charge in [0.1, 0.15) is 0 Å². The summed E-state index contributed by atoms with van der Waals surface area (Å²) in [6, 6.07) is 0. The summed E-state index contributed by atoms with van der Waals surface area (Å²) in [5.41, 5.74) is -1.55. The molecule has 7 nitrogen and oxygen atoms in total. The summed E-state index contributed by atoms with van der Waals surface area (Å²) in [5, 5.41) is 52.4. The number of aliphatic hydroxyl groups is 6. The van der Waals surface area contributed by atoms with E-state index in [-0.39, 0.29) is 46.2 Å². The van der Waals surface area contributed by atoms with Crippen molar-refractivity contribution < 1.29 is 35.4 Å². The molecule has 0 rings (SSSR count). The molecule has 0 aromatic carbocycles. The first-order chi connectivity index (χ1) is 9.49. The number of hydrogen-bond donors (Lipinski definition) is 6. The zero-order valence-electron chi connectivity index (χ0n) is 12.5. The van der Waals surface area contributed by atoms with Gasteiger partial charge in [0.15, 0.2) is 0 Å². The third-order valence-corrected chi connectivity index (χ3v) is 3.37. The van der Waals surface area contributed by atoms with E-state index < -0.39 is 10.8 Å². The molecule has 124 valence electrons. The van der Waals surface area contributed by atoms with Gasteiger partial charge in [-0.2, -0.15) is 0 Å². The smallest absolute Gasteiger partial charge is 0.0629 e. The molecule has 0 heterocycles. The van der Waals surface area contributed by atoms with E-state index in [1.54, 1.807) is 0 Å². The molecule has 0 aliphatic carbocycles. The molecule has 0 aromatic heterocycles. The highest BCUT2D eigenvalue weighted by Gasteiger charge is 2.28. The van der Waals surface area contributed by atoms with Crippen LogP contribution in [0.25, 0.3) is 0 Å². The van der Waals surface area contributed by atoms with Gasteiger partial charge in [-0.1, -0.05) is 6.92 Å². The quantitative estimate of drug-likeness (QED) is 0.285. The minimum atomic E-state index is -0.879. The lowest BCUT2D eigenvalue weighted by molar-refractivity contribution is -0.0552. The number of ether oxygens (including phenoxy) is 1. The summed E-state index contributed by atoms with van der Waals surface area (Å²) < 4.78 is 4.99. The Kier molecular flexibility index (Phi) is 13.7. The summed E-state index contributed by atoms with van der Waals surface area (Å²) in [4.78, 5) is 0. The molecule has 0 unspecified atom stereocenters. The molecule has 0 saturated carbocycles. The lowest BCUT2D eigenvalue weighted by atomic mass is 9.88. The number of aliphatic hydroxyl groups excluding tert-OH is 6. The Morgan fingerprint density at radius 3 is 1.15 bits per heavy atom. The van der Waals surface area contributed by atoms with Crippen LogP contribution in [0.3, 0.4) is 0 Å². The van der Waals surface area contributed by atoms with Gasteiger partial charge < -0.3 is 35.4 Å².